The van der Waals surface area contributed by atoms with E-state index in [4.69, 9.17) is 14.2 Å². The molecular formula is C24H26N2O7. The second kappa shape index (κ2) is 7.07. The molecule has 4 aliphatic heterocycles. The third kappa shape index (κ3) is 2.37. The number of methoxy groups -OCH3 is 3. The molecule has 2 amide bonds. The second-order valence-electron chi connectivity index (χ2n) is 9.10. The van der Waals surface area contributed by atoms with E-state index < -0.39 is 40.4 Å². The van der Waals surface area contributed by atoms with Crippen LogP contribution in [-0.2, 0) is 34.0 Å². The van der Waals surface area contributed by atoms with E-state index in [1.54, 1.807) is 29.2 Å². The van der Waals surface area contributed by atoms with Crippen LogP contribution in [0.1, 0.15) is 31.2 Å². The highest BCUT2D eigenvalue weighted by Crippen LogP contribution is 2.65. The summed E-state index contributed by atoms with van der Waals surface area (Å²) in [6.45, 7) is 0.278. The van der Waals surface area contributed by atoms with Crippen LogP contribution in [0.25, 0.3) is 0 Å². The number of carbonyl (C=O) groups is 4. The van der Waals surface area contributed by atoms with E-state index in [1.807, 2.05) is 6.08 Å². The van der Waals surface area contributed by atoms with Gasteiger partial charge in [0.15, 0.2) is 0 Å². The molecule has 9 nitrogen and oxygen atoms in total. The van der Waals surface area contributed by atoms with Crippen molar-refractivity contribution in [3.63, 3.8) is 0 Å². The van der Waals surface area contributed by atoms with Gasteiger partial charge in [-0.25, -0.2) is 4.79 Å². The van der Waals surface area contributed by atoms with Gasteiger partial charge in [0, 0.05) is 12.6 Å². The molecule has 1 aromatic carbocycles. The Morgan fingerprint density at radius 3 is 2.45 bits per heavy atom. The molecule has 1 saturated carbocycles. The van der Waals surface area contributed by atoms with Crippen molar-refractivity contribution in [3.05, 3.63) is 42.0 Å². The van der Waals surface area contributed by atoms with Gasteiger partial charge in [-0.05, 0) is 37.3 Å². The minimum absolute atomic E-state index is 0.149. The van der Waals surface area contributed by atoms with Gasteiger partial charge >= 0.3 is 18.0 Å². The van der Waals surface area contributed by atoms with Crippen molar-refractivity contribution >= 4 is 29.6 Å². The summed E-state index contributed by atoms with van der Waals surface area (Å²) in [5, 5.41) is 0. The van der Waals surface area contributed by atoms with E-state index in [-0.39, 0.29) is 31.7 Å². The number of anilines is 1. The number of nitrogens with zero attached hydrogens (tertiary/aromatic N) is 2. The highest BCUT2D eigenvalue weighted by molar-refractivity contribution is 6.03. The Labute approximate surface area is 191 Å². The van der Waals surface area contributed by atoms with E-state index in [1.165, 1.54) is 32.3 Å². The van der Waals surface area contributed by atoms with Crippen molar-refractivity contribution in [1.29, 1.82) is 0 Å². The van der Waals surface area contributed by atoms with E-state index in [2.05, 4.69) is 0 Å². The molecule has 2 spiro atoms. The molecule has 2 unspecified atom stereocenters. The fourth-order valence-corrected chi connectivity index (χ4v) is 6.97. The quantitative estimate of drug-likeness (QED) is 0.497. The predicted molar refractivity (Wildman–Crippen MR) is 115 cm³/mol. The Kier molecular flexibility index (Phi) is 4.60. The summed E-state index contributed by atoms with van der Waals surface area (Å²) in [6, 6.07) is 7.11. The molecule has 5 aliphatic rings. The van der Waals surface area contributed by atoms with Crippen molar-refractivity contribution in [2.24, 2.45) is 5.92 Å². The topological polar surface area (TPSA) is 102 Å². The second-order valence-corrected chi connectivity index (χ2v) is 9.10. The number of hydrogen-bond acceptors (Lipinski definition) is 7. The number of para-hydroxylation sites is 1. The van der Waals surface area contributed by atoms with Crippen molar-refractivity contribution in [2.45, 2.75) is 42.2 Å². The van der Waals surface area contributed by atoms with Gasteiger partial charge in [0.2, 0.25) is 5.91 Å². The molecule has 2 bridgehead atoms. The summed E-state index contributed by atoms with van der Waals surface area (Å²) in [4.78, 5) is 56.6. The first kappa shape index (κ1) is 21.5. The van der Waals surface area contributed by atoms with Gasteiger partial charge in [-0.3, -0.25) is 19.3 Å². The number of carbonyl (C=O) groups excluding carboxylic acids is 4. The lowest BCUT2D eigenvalue weighted by atomic mass is 9.51. The molecule has 4 atom stereocenters. The zero-order valence-electron chi connectivity index (χ0n) is 18.8. The fourth-order valence-electron chi connectivity index (χ4n) is 6.97. The number of rotatable bonds is 2. The Morgan fingerprint density at radius 2 is 1.76 bits per heavy atom. The Morgan fingerprint density at radius 1 is 1.00 bits per heavy atom. The van der Waals surface area contributed by atoms with E-state index in [0.29, 0.717) is 17.7 Å². The lowest BCUT2D eigenvalue weighted by molar-refractivity contribution is -0.167. The van der Waals surface area contributed by atoms with Crippen LogP contribution < -0.4 is 4.90 Å². The van der Waals surface area contributed by atoms with E-state index in [0.717, 1.165) is 0 Å². The van der Waals surface area contributed by atoms with E-state index >= 15 is 0 Å². The van der Waals surface area contributed by atoms with Crippen molar-refractivity contribution in [1.82, 2.24) is 4.90 Å². The minimum Gasteiger partial charge on any atom is -0.469 e. The summed E-state index contributed by atoms with van der Waals surface area (Å²) in [6.07, 6.45) is 3.89. The molecule has 174 valence electrons. The number of ether oxygens (including phenoxy) is 3. The summed E-state index contributed by atoms with van der Waals surface area (Å²) in [5.74, 6) is -2.15. The average molecular weight is 454 g/mol. The van der Waals surface area contributed by atoms with Crippen LogP contribution in [0.4, 0.5) is 10.5 Å². The first-order valence-electron chi connectivity index (χ1n) is 11.0. The maximum absolute atomic E-state index is 13.8. The Hall–Kier alpha value is -3.36. The minimum atomic E-state index is -1.39. The van der Waals surface area contributed by atoms with Gasteiger partial charge in [-0.2, -0.15) is 0 Å². The van der Waals surface area contributed by atoms with Gasteiger partial charge in [-0.1, -0.05) is 24.3 Å². The van der Waals surface area contributed by atoms with Gasteiger partial charge in [0.05, 0.1) is 44.0 Å². The van der Waals surface area contributed by atoms with E-state index in [9.17, 15) is 19.2 Å². The summed E-state index contributed by atoms with van der Waals surface area (Å²) in [7, 11) is 3.87. The number of hydrogen-bond donors (Lipinski definition) is 0. The monoisotopic (exact) mass is 454 g/mol. The summed E-state index contributed by atoms with van der Waals surface area (Å²) in [5.41, 5.74) is -2.27. The molecule has 1 aromatic rings. The van der Waals surface area contributed by atoms with Crippen LogP contribution in [0, 0.1) is 5.92 Å². The smallest absolute Gasteiger partial charge is 0.414 e. The average Bonchev–Trinajstić information content (AvgIpc) is 3.25. The normalized spacial score (nSPS) is 33.5. The number of amides is 2. The summed E-state index contributed by atoms with van der Waals surface area (Å²) < 4.78 is 15.8. The lowest BCUT2D eigenvalue weighted by Crippen LogP contribution is -2.74. The van der Waals surface area contributed by atoms with Gasteiger partial charge < -0.3 is 19.1 Å². The molecule has 0 radical (unpaired) electrons. The molecular weight excluding hydrogens is 428 g/mol. The molecule has 2 saturated heterocycles. The van der Waals surface area contributed by atoms with Crippen LogP contribution in [0.5, 0.6) is 0 Å². The molecule has 6 rings (SSSR count). The maximum Gasteiger partial charge on any atom is 0.414 e. The SMILES string of the molecule is COC(=O)C1C[C@]23C=CC(=O)N2CCC2(C(=O)OC)c4ccccc4N(C(=O)OC)[C@@]12CC3. The molecule has 0 aromatic heterocycles. The first-order valence-corrected chi connectivity index (χ1v) is 11.0. The van der Waals surface area contributed by atoms with Crippen LogP contribution in [-0.4, -0.2) is 67.8 Å². The Balaban J connectivity index is 1.87. The van der Waals surface area contributed by atoms with Crippen LogP contribution in [0.3, 0.4) is 0 Å². The zero-order valence-corrected chi connectivity index (χ0v) is 18.8. The molecule has 0 N–H and O–H groups in total. The third-order valence-corrected chi connectivity index (χ3v) is 8.24. The molecule has 4 heterocycles. The van der Waals surface area contributed by atoms with Crippen molar-refractivity contribution in [2.75, 3.05) is 32.8 Å². The van der Waals surface area contributed by atoms with Crippen LogP contribution in [0.2, 0.25) is 0 Å². The van der Waals surface area contributed by atoms with Crippen LogP contribution >= 0.6 is 0 Å². The first-order chi connectivity index (χ1) is 15.8. The molecule has 33 heavy (non-hydrogen) atoms. The number of benzene rings is 1. The van der Waals surface area contributed by atoms with Gasteiger partial charge in [0.1, 0.15) is 5.41 Å². The third-order valence-electron chi connectivity index (χ3n) is 8.24. The predicted octanol–water partition coefficient (Wildman–Crippen LogP) is 1.94. The number of fused-ring (bicyclic) bond motifs is 4. The highest BCUT2D eigenvalue weighted by Gasteiger charge is 2.76. The van der Waals surface area contributed by atoms with Crippen LogP contribution in [0.15, 0.2) is 36.4 Å². The highest BCUT2D eigenvalue weighted by atomic mass is 16.5. The largest absolute Gasteiger partial charge is 0.469 e. The lowest BCUT2D eigenvalue weighted by Gasteiger charge is -2.60. The zero-order chi connectivity index (χ0) is 23.6. The van der Waals surface area contributed by atoms with Gasteiger partial charge in [0.25, 0.3) is 0 Å². The summed E-state index contributed by atoms with van der Waals surface area (Å²) >= 11 is 0. The Bertz CT molecular complexity index is 1100. The maximum atomic E-state index is 13.8. The number of esters is 2. The molecule has 3 fully saturated rings. The molecule has 9 heteroatoms. The van der Waals surface area contributed by atoms with Crippen molar-refractivity contribution in [3.8, 4) is 0 Å². The molecule has 1 aliphatic carbocycles. The standard InChI is InChI=1S/C24H26N2O7/c1-31-19(28)16-14-22-9-8-18(27)25(22)13-12-23(20(29)32-2)15-6-4-5-7-17(15)26(21(30)33-3)24(16,23)11-10-22/h4-9,16H,10-14H2,1-3H3/t16?,22-,23?,24+/m1/s1. The van der Waals surface area contributed by atoms with Gasteiger partial charge in [-0.15, -0.1) is 0 Å². The fraction of sp³-hybridized carbons (Fsp3) is 0.500. The van der Waals surface area contributed by atoms with Crippen molar-refractivity contribution < 1.29 is 33.4 Å².